The molecular weight excluding hydrogens is 182 g/mol. The Labute approximate surface area is 90.9 Å². The topological polar surface area (TPSA) is 23.8 Å². The molecular formula is C14H16N. The van der Waals surface area contributed by atoms with Gasteiger partial charge in [-0.2, -0.15) is 0 Å². The van der Waals surface area contributed by atoms with Crippen molar-refractivity contribution in [3.63, 3.8) is 0 Å². The Morgan fingerprint density at radius 1 is 0.867 bits per heavy atom. The molecule has 0 amide bonds. The van der Waals surface area contributed by atoms with Crippen LogP contribution in [0.1, 0.15) is 18.4 Å². The molecule has 0 spiro atoms. The van der Waals surface area contributed by atoms with E-state index in [-0.39, 0.29) is 0 Å². The number of hydrogen-bond acceptors (Lipinski definition) is 0. The molecule has 0 aliphatic rings. The second-order valence-corrected chi connectivity index (χ2v) is 3.85. The van der Waals surface area contributed by atoms with Crippen molar-refractivity contribution in [2.75, 3.05) is 6.54 Å². The van der Waals surface area contributed by atoms with Crippen LogP contribution in [0.25, 0.3) is 10.8 Å². The summed E-state index contributed by atoms with van der Waals surface area (Å²) in [6, 6.07) is 15.0. The lowest BCUT2D eigenvalue weighted by Gasteiger charge is -2.05. The van der Waals surface area contributed by atoms with E-state index in [2.05, 4.69) is 42.5 Å². The van der Waals surface area contributed by atoms with Gasteiger partial charge in [-0.1, -0.05) is 42.5 Å². The van der Waals surface area contributed by atoms with Crippen molar-refractivity contribution in [1.82, 2.24) is 5.73 Å². The third-order valence-corrected chi connectivity index (χ3v) is 2.75. The minimum atomic E-state index is 0.546. The molecule has 2 rings (SSSR count). The summed E-state index contributed by atoms with van der Waals surface area (Å²) in [5.74, 6) is 0. The zero-order chi connectivity index (χ0) is 10.5. The Kier molecular flexibility index (Phi) is 3.36. The summed E-state index contributed by atoms with van der Waals surface area (Å²) in [5, 5.41) is 2.69. The molecule has 77 valence electrons. The molecule has 0 heterocycles. The van der Waals surface area contributed by atoms with E-state index < -0.39 is 0 Å². The smallest absolute Gasteiger partial charge is 0.00999 e. The predicted molar refractivity (Wildman–Crippen MR) is 64.8 cm³/mol. The van der Waals surface area contributed by atoms with Gasteiger partial charge >= 0.3 is 0 Å². The fourth-order valence-corrected chi connectivity index (χ4v) is 1.95. The van der Waals surface area contributed by atoms with Gasteiger partial charge in [-0.15, -0.1) is 0 Å². The van der Waals surface area contributed by atoms with E-state index in [1.165, 1.54) is 16.3 Å². The first kappa shape index (κ1) is 10.2. The predicted octanol–water partition coefficient (Wildman–Crippen LogP) is 3.45. The fourth-order valence-electron chi connectivity index (χ4n) is 1.95. The van der Waals surface area contributed by atoms with Gasteiger partial charge in [0.2, 0.25) is 0 Å². The number of rotatable bonds is 4. The first-order valence-electron chi connectivity index (χ1n) is 5.53. The fraction of sp³-hybridized carbons (Fsp3) is 0.286. The van der Waals surface area contributed by atoms with Gasteiger partial charge < -0.3 is 0 Å². The van der Waals surface area contributed by atoms with E-state index in [9.17, 15) is 0 Å². The maximum absolute atomic E-state index is 7.13. The Morgan fingerprint density at radius 2 is 1.67 bits per heavy atom. The molecule has 0 aromatic heterocycles. The van der Waals surface area contributed by atoms with Gasteiger partial charge in [-0.25, -0.2) is 0 Å². The largest absolute Gasteiger partial charge is 0.258 e. The number of fused-ring (bicyclic) bond motifs is 1. The molecule has 1 N–H and O–H groups in total. The lowest BCUT2D eigenvalue weighted by molar-refractivity contribution is 0.738. The van der Waals surface area contributed by atoms with Gasteiger partial charge in [-0.3, -0.25) is 5.73 Å². The molecule has 0 bridgehead atoms. The SMILES string of the molecule is [NH]CCCCc1cccc2ccccc12. The van der Waals surface area contributed by atoms with E-state index in [4.69, 9.17) is 5.73 Å². The quantitative estimate of drug-likeness (QED) is 0.672. The van der Waals surface area contributed by atoms with Crippen LogP contribution in [0.2, 0.25) is 0 Å². The normalized spacial score (nSPS) is 10.7. The number of nitrogens with one attached hydrogen (secondary N) is 1. The second-order valence-electron chi connectivity index (χ2n) is 3.85. The monoisotopic (exact) mass is 198 g/mol. The van der Waals surface area contributed by atoms with Gasteiger partial charge in [0.1, 0.15) is 0 Å². The lowest BCUT2D eigenvalue weighted by atomic mass is 10.0. The van der Waals surface area contributed by atoms with E-state index in [1.807, 2.05) is 0 Å². The van der Waals surface area contributed by atoms with Crippen molar-refractivity contribution < 1.29 is 0 Å². The molecule has 2 aromatic carbocycles. The Hall–Kier alpha value is -1.34. The van der Waals surface area contributed by atoms with Crippen molar-refractivity contribution in [3.05, 3.63) is 48.0 Å². The van der Waals surface area contributed by atoms with Gasteiger partial charge in [0.15, 0.2) is 0 Å². The summed E-state index contributed by atoms with van der Waals surface area (Å²) in [5.41, 5.74) is 8.55. The van der Waals surface area contributed by atoms with Gasteiger partial charge in [-0.05, 0) is 35.6 Å². The molecule has 0 fully saturated rings. The molecule has 0 saturated carbocycles. The number of hydrogen-bond donors (Lipinski definition) is 0. The average molecular weight is 198 g/mol. The van der Waals surface area contributed by atoms with Crippen molar-refractivity contribution in [2.45, 2.75) is 19.3 Å². The van der Waals surface area contributed by atoms with E-state index in [1.54, 1.807) is 0 Å². The first-order chi connectivity index (χ1) is 7.42. The van der Waals surface area contributed by atoms with Crippen LogP contribution in [0.5, 0.6) is 0 Å². The molecule has 1 radical (unpaired) electrons. The molecule has 1 heteroatoms. The molecule has 0 aliphatic carbocycles. The van der Waals surface area contributed by atoms with Crippen LogP contribution in [0.3, 0.4) is 0 Å². The minimum absolute atomic E-state index is 0.546. The van der Waals surface area contributed by atoms with Crippen molar-refractivity contribution >= 4 is 10.8 Å². The molecule has 0 unspecified atom stereocenters. The second kappa shape index (κ2) is 4.94. The maximum atomic E-state index is 7.13. The number of benzene rings is 2. The van der Waals surface area contributed by atoms with Crippen molar-refractivity contribution in [2.24, 2.45) is 0 Å². The highest BCUT2D eigenvalue weighted by atomic mass is 14.5. The third kappa shape index (κ3) is 2.37. The highest BCUT2D eigenvalue weighted by Crippen LogP contribution is 2.19. The van der Waals surface area contributed by atoms with Crippen LogP contribution in [-0.2, 0) is 6.42 Å². The van der Waals surface area contributed by atoms with Gasteiger partial charge in [0.25, 0.3) is 0 Å². The maximum Gasteiger partial charge on any atom is 0.00999 e. The standard InChI is InChI=1S/C14H16N/c15-11-4-3-7-13-9-5-8-12-6-1-2-10-14(12)13/h1-2,5-6,8-10,15H,3-4,7,11H2. The zero-order valence-corrected chi connectivity index (χ0v) is 8.87. The van der Waals surface area contributed by atoms with Crippen molar-refractivity contribution in [3.8, 4) is 0 Å². The Balaban J connectivity index is 2.26. The van der Waals surface area contributed by atoms with Gasteiger partial charge in [0.05, 0.1) is 0 Å². The summed E-state index contributed by atoms with van der Waals surface area (Å²) in [6.07, 6.45) is 3.22. The Morgan fingerprint density at radius 3 is 2.53 bits per heavy atom. The highest BCUT2D eigenvalue weighted by molar-refractivity contribution is 5.85. The summed E-state index contributed by atoms with van der Waals surface area (Å²) >= 11 is 0. The average Bonchev–Trinajstić information content (AvgIpc) is 2.30. The van der Waals surface area contributed by atoms with Crippen LogP contribution in [0.4, 0.5) is 0 Å². The van der Waals surface area contributed by atoms with E-state index in [0.29, 0.717) is 6.54 Å². The van der Waals surface area contributed by atoms with Crippen LogP contribution < -0.4 is 5.73 Å². The summed E-state index contributed by atoms with van der Waals surface area (Å²) < 4.78 is 0. The summed E-state index contributed by atoms with van der Waals surface area (Å²) in [7, 11) is 0. The third-order valence-electron chi connectivity index (χ3n) is 2.75. The first-order valence-corrected chi connectivity index (χ1v) is 5.53. The highest BCUT2D eigenvalue weighted by Gasteiger charge is 1.99. The summed E-state index contributed by atoms with van der Waals surface area (Å²) in [6.45, 7) is 0.546. The molecule has 2 aromatic rings. The van der Waals surface area contributed by atoms with Gasteiger partial charge in [0, 0.05) is 6.54 Å². The molecule has 15 heavy (non-hydrogen) atoms. The van der Waals surface area contributed by atoms with E-state index in [0.717, 1.165) is 19.3 Å². The molecule has 0 aliphatic heterocycles. The van der Waals surface area contributed by atoms with E-state index >= 15 is 0 Å². The lowest BCUT2D eigenvalue weighted by Crippen LogP contribution is -1.90. The number of unbranched alkanes of at least 4 members (excludes halogenated alkanes) is 1. The zero-order valence-electron chi connectivity index (χ0n) is 8.87. The van der Waals surface area contributed by atoms with Crippen LogP contribution in [0, 0.1) is 0 Å². The van der Waals surface area contributed by atoms with Crippen LogP contribution in [0.15, 0.2) is 42.5 Å². The summed E-state index contributed by atoms with van der Waals surface area (Å²) in [4.78, 5) is 0. The van der Waals surface area contributed by atoms with Crippen LogP contribution >= 0.6 is 0 Å². The molecule has 0 atom stereocenters. The van der Waals surface area contributed by atoms with Crippen molar-refractivity contribution in [1.29, 1.82) is 0 Å². The van der Waals surface area contributed by atoms with Crippen LogP contribution in [-0.4, -0.2) is 6.54 Å². The Bertz CT molecular complexity index is 429. The molecule has 0 saturated heterocycles. The molecule has 1 nitrogen and oxygen atoms in total. The number of aryl methyl sites for hydroxylation is 1. The minimum Gasteiger partial charge on any atom is -0.258 e.